The number of carbonyl (C=O) groups is 2. The van der Waals surface area contributed by atoms with Crippen LogP contribution in [0.5, 0.6) is 0 Å². The molecule has 3 aromatic rings. The Hall–Kier alpha value is -3.51. The van der Waals surface area contributed by atoms with Crippen LogP contribution in [0.2, 0.25) is 0 Å². The van der Waals surface area contributed by atoms with Crippen molar-refractivity contribution < 1.29 is 14.3 Å². The first-order valence-corrected chi connectivity index (χ1v) is 9.43. The molecule has 0 saturated carbocycles. The lowest BCUT2D eigenvalue weighted by atomic mass is 10.1. The van der Waals surface area contributed by atoms with Crippen molar-refractivity contribution in [3.8, 4) is 6.07 Å². The van der Waals surface area contributed by atoms with Crippen LogP contribution < -0.4 is 10.9 Å². The quantitative estimate of drug-likeness (QED) is 0.678. The van der Waals surface area contributed by atoms with Crippen LogP contribution in [0.1, 0.15) is 28.2 Å². The Balaban J connectivity index is 1.47. The fraction of sp³-hybridized carbons (Fsp3) is 0.211. The summed E-state index contributed by atoms with van der Waals surface area (Å²) in [6, 6.07) is 8.10. The molecule has 1 N–H and O–H groups in total. The molecule has 2 aromatic heterocycles. The number of nitriles is 1. The predicted octanol–water partition coefficient (Wildman–Crippen LogP) is 2.07. The monoisotopic (exact) mass is 394 g/mol. The Morgan fingerprint density at radius 1 is 1.36 bits per heavy atom. The van der Waals surface area contributed by atoms with Crippen LogP contribution in [0, 0.1) is 11.3 Å². The van der Waals surface area contributed by atoms with Gasteiger partial charge in [-0.15, -0.1) is 11.3 Å². The summed E-state index contributed by atoms with van der Waals surface area (Å²) in [6.07, 6.45) is 1.60. The van der Waals surface area contributed by atoms with Gasteiger partial charge in [-0.1, -0.05) is 0 Å². The minimum Gasteiger partial charge on any atom is -0.452 e. The van der Waals surface area contributed by atoms with Crippen LogP contribution >= 0.6 is 11.3 Å². The number of thiophene rings is 1. The molecule has 0 spiro atoms. The maximum Gasteiger partial charge on any atom is 0.338 e. The Kier molecular flexibility index (Phi) is 4.63. The summed E-state index contributed by atoms with van der Waals surface area (Å²) in [5, 5.41) is 14.0. The van der Waals surface area contributed by atoms with Gasteiger partial charge in [-0.3, -0.25) is 14.2 Å². The summed E-state index contributed by atoms with van der Waals surface area (Å²) in [6.45, 7) is 0.174. The molecule has 8 nitrogen and oxygen atoms in total. The molecule has 0 atom stereocenters. The van der Waals surface area contributed by atoms with E-state index in [1.165, 1.54) is 23.5 Å². The predicted molar refractivity (Wildman–Crippen MR) is 102 cm³/mol. The highest BCUT2D eigenvalue weighted by Gasteiger charge is 2.18. The Morgan fingerprint density at radius 3 is 3.04 bits per heavy atom. The van der Waals surface area contributed by atoms with E-state index in [4.69, 9.17) is 10.00 Å². The maximum absolute atomic E-state index is 12.5. The fourth-order valence-electron chi connectivity index (χ4n) is 3.08. The van der Waals surface area contributed by atoms with Crippen molar-refractivity contribution in [1.29, 1.82) is 5.26 Å². The Bertz CT molecular complexity index is 1200. The van der Waals surface area contributed by atoms with E-state index in [-0.39, 0.29) is 11.1 Å². The van der Waals surface area contributed by atoms with Gasteiger partial charge in [0.15, 0.2) is 6.61 Å². The number of aryl methyl sites for hydroxylation is 1. The number of benzene rings is 1. The lowest BCUT2D eigenvalue weighted by Crippen LogP contribution is -2.22. The van der Waals surface area contributed by atoms with E-state index in [1.807, 2.05) is 6.07 Å². The van der Waals surface area contributed by atoms with Gasteiger partial charge in [0.05, 0.1) is 22.0 Å². The molecular weight excluding hydrogens is 380 g/mol. The van der Waals surface area contributed by atoms with E-state index < -0.39 is 18.5 Å². The lowest BCUT2D eigenvalue weighted by Gasteiger charge is -2.08. The van der Waals surface area contributed by atoms with E-state index >= 15 is 0 Å². The summed E-state index contributed by atoms with van der Waals surface area (Å²) in [5.41, 5.74) is 0.892. The number of aromatic nitrogens is 2. The fourth-order valence-corrected chi connectivity index (χ4v) is 3.84. The number of ether oxygens (including phenoxy) is 1. The third kappa shape index (κ3) is 3.25. The second-order valence-corrected chi connectivity index (χ2v) is 7.14. The molecular formula is C19H14N4O4S. The summed E-state index contributed by atoms with van der Waals surface area (Å²) in [5.74, 6) is -0.514. The van der Waals surface area contributed by atoms with Gasteiger partial charge in [0.2, 0.25) is 0 Å². The molecule has 1 aliphatic rings. The first-order valence-electron chi connectivity index (χ1n) is 8.55. The highest BCUT2D eigenvalue weighted by molar-refractivity contribution is 7.14. The maximum atomic E-state index is 12.5. The van der Waals surface area contributed by atoms with Crippen LogP contribution in [-0.2, 0) is 22.5 Å². The lowest BCUT2D eigenvalue weighted by molar-refractivity contribution is -0.119. The number of esters is 1. The number of nitrogens with one attached hydrogen (secondary N) is 1. The zero-order valence-corrected chi connectivity index (χ0v) is 15.4. The van der Waals surface area contributed by atoms with Crippen LogP contribution in [0.3, 0.4) is 0 Å². The van der Waals surface area contributed by atoms with Gasteiger partial charge in [-0.05, 0) is 36.1 Å². The smallest absolute Gasteiger partial charge is 0.338 e. The second-order valence-electron chi connectivity index (χ2n) is 6.22. The van der Waals surface area contributed by atoms with Crippen molar-refractivity contribution in [3.63, 3.8) is 0 Å². The average Bonchev–Trinajstić information content (AvgIpc) is 3.35. The van der Waals surface area contributed by atoms with Crippen molar-refractivity contribution in [2.45, 2.75) is 19.4 Å². The normalized spacial score (nSPS) is 12.4. The standard InChI is InChI=1S/C19H14N4O4S/c20-9-12-5-7-28-17(12)22-16(24)10-27-19(26)11-3-4-13-14(8-11)21-15-2-1-6-23(15)18(13)25/h3-5,7-8H,1-2,6,10H2,(H,22,24). The third-order valence-corrected chi connectivity index (χ3v) is 5.26. The topological polar surface area (TPSA) is 114 Å². The van der Waals surface area contributed by atoms with Gasteiger partial charge in [0.1, 0.15) is 16.9 Å². The molecule has 140 valence electrons. The van der Waals surface area contributed by atoms with Crippen LogP contribution in [0.4, 0.5) is 5.00 Å². The molecule has 0 bridgehead atoms. The average molecular weight is 394 g/mol. The van der Waals surface area contributed by atoms with E-state index in [0.29, 0.717) is 33.8 Å². The van der Waals surface area contributed by atoms with Crippen molar-refractivity contribution in [3.05, 3.63) is 57.0 Å². The van der Waals surface area contributed by atoms with E-state index in [2.05, 4.69) is 10.3 Å². The van der Waals surface area contributed by atoms with E-state index in [9.17, 15) is 14.4 Å². The van der Waals surface area contributed by atoms with E-state index in [1.54, 1.807) is 22.1 Å². The molecule has 0 saturated heterocycles. The first kappa shape index (κ1) is 17.9. The van der Waals surface area contributed by atoms with Crippen LogP contribution in [0.15, 0.2) is 34.4 Å². The summed E-state index contributed by atoms with van der Waals surface area (Å²) < 4.78 is 6.70. The van der Waals surface area contributed by atoms with Crippen molar-refractivity contribution in [1.82, 2.24) is 9.55 Å². The van der Waals surface area contributed by atoms with Crippen LogP contribution in [0.25, 0.3) is 10.9 Å². The number of nitrogens with zero attached hydrogens (tertiary/aromatic N) is 3. The Labute approximate surface area is 163 Å². The molecule has 0 fully saturated rings. The summed E-state index contributed by atoms with van der Waals surface area (Å²) in [4.78, 5) is 41.1. The molecule has 4 rings (SSSR count). The number of carbonyl (C=O) groups excluding carboxylic acids is 2. The molecule has 0 unspecified atom stereocenters. The zero-order valence-electron chi connectivity index (χ0n) is 14.6. The molecule has 9 heteroatoms. The molecule has 28 heavy (non-hydrogen) atoms. The SMILES string of the molecule is N#Cc1ccsc1NC(=O)COC(=O)c1ccc2c(=O)n3c(nc2c1)CCC3. The number of hydrogen-bond acceptors (Lipinski definition) is 7. The van der Waals surface area contributed by atoms with Gasteiger partial charge in [0, 0.05) is 13.0 Å². The van der Waals surface area contributed by atoms with Gasteiger partial charge in [-0.25, -0.2) is 9.78 Å². The van der Waals surface area contributed by atoms with Crippen LogP contribution in [-0.4, -0.2) is 28.0 Å². The second kappa shape index (κ2) is 7.25. The number of amides is 1. The number of rotatable bonds is 4. The van der Waals surface area contributed by atoms with Crippen molar-refractivity contribution in [2.75, 3.05) is 11.9 Å². The molecule has 1 aliphatic heterocycles. The molecule has 1 amide bonds. The number of anilines is 1. The first-order chi connectivity index (χ1) is 13.6. The Morgan fingerprint density at radius 2 is 2.21 bits per heavy atom. The molecule has 3 heterocycles. The van der Waals surface area contributed by atoms with Gasteiger partial charge in [0.25, 0.3) is 11.5 Å². The van der Waals surface area contributed by atoms with Crippen molar-refractivity contribution >= 4 is 39.1 Å². The zero-order chi connectivity index (χ0) is 19.7. The molecule has 1 aromatic carbocycles. The van der Waals surface area contributed by atoms with Gasteiger partial charge in [-0.2, -0.15) is 5.26 Å². The molecule has 0 aliphatic carbocycles. The van der Waals surface area contributed by atoms with Gasteiger partial charge < -0.3 is 10.1 Å². The minimum atomic E-state index is -0.689. The number of hydrogen-bond donors (Lipinski definition) is 1. The van der Waals surface area contributed by atoms with E-state index in [0.717, 1.165) is 12.8 Å². The highest BCUT2D eigenvalue weighted by Crippen LogP contribution is 2.22. The summed E-state index contributed by atoms with van der Waals surface area (Å²) >= 11 is 1.21. The summed E-state index contributed by atoms with van der Waals surface area (Å²) in [7, 11) is 0. The van der Waals surface area contributed by atoms with Gasteiger partial charge >= 0.3 is 5.97 Å². The minimum absolute atomic E-state index is 0.110. The van der Waals surface area contributed by atoms with Crippen molar-refractivity contribution in [2.24, 2.45) is 0 Å². The highest BCUT2D eigenvalue weighted by atomic mass is 32.1. The third-order valence-electron chi connectivity index (χ3n) is 4.43. The molecule has 0 radical (unpaired) electrons. The number of fused-ring (bicyclic) bond motifs is 2. The largest absolute Gasteiger partial charge is 0.452 e.